The van der Waals surface area contributed by atoms with Gasteiger partial charge in [-0.15, -0.1) is 0 Å². The lowest BCUT2D eigenvalue weighted by molar-refractivity contribution is -0.379. The van der Waals surface area contributed by atoms with E-state index in [-0.39, 0.29) is 18.9 Å². The molecule has 0 bridgehead atoms. The minimum atomic E-state index is -1.98. The molecule has 0 aromatic rings. The molecule has 0 aliphatic carbocycles. The fourth-order valence-electron chi connectivity index (χ4n) is 13.9. The van der Waals surface area contributed by atoms with Gasteiger partial charge < -0.3 is 89.9 Å². The molecule has 3 heterocycles. The van der Waals surface area contributed by atoms with Gasteiger partial charge in [-0.25, -0.2) is 0 Å². The lowest BCUT2D eigenvalue weighted by Crippen LogP contribution is -2.66. The number of hydrogen-bond donors (Lipinski definition) is 12. The molecule has 17 atom stereocenters. The van der Waals surface area contributed by atoms with Gasteiger partial charge in [0.25, 0.3) is 0 Å². The zero-order valence-electron chi connectivity index (χ0n) is 60.6. The van der Waals surface area contributed by atoms with Gasteiger partial charge in [0.05, 0.1) is 38.6 Å². The van der Waals surface area contributed by atoms with Gasteiger partial charge in [-0.3, -0.25) is 4.79 Å². The Kier molecular flexibility index (Phi) is 54.5. The third kappa shape index (κ3) is 39.3. The van der Waals surface area contributed by atoms with Crippen LogP contribution in [-0.4, -0.2) is 193 Å². The Morgan fingerprint density at radius 3 is 0.979 bits per heavy atom. The summed E-state index contributed by atoms with van der Waals surface area (Å²) in [5.41, 5.74) is 0. The summed E-state index contributed by atoms with van der Waals surface area (Å²) in [5.74, 6) is -0.267. The van der Waals surface area contributed by atoms with Crippen molar-refractivity contribution < 1.29 is 89.4 Å². The van der Waals surface area contributed by atoms with Gasteiger partial charge in [0.2, 0.25) is 5.91 Å². The van der Waals surface area contributed by atoms with E-state index in [1.165, 1.54) is 270 Å². The van der Waals surface area contributed by atoms with E-state index in [0.717, 1.165) is 44.9 Å². The van der Waals surface area contributed by atoms with Gasteiger partial charge in [0.15, 0.2) is 18.9 Å². The lowest BCUT2D eigenvalue weighted by Gasteiger charge is -2.48. The molecule has 3 aliphatic heterocycles. The van der Waals surface area contributed by atoms with Crippen LogP contribution < -0.4 is 5.32 Å². The monoisotopic (exact) mass is 1370 g/mol. The maximum atomic E-state index is 13.5. The molecule has 96 heavy (non-hydrogen) atoms. The van der Waals surface area contributed by atoms with Crippen LogP contribution in [0, 0.1) is 0 Å². The van der Waals surface area contributed by atoms with Gasteiger partial charge in [-0.1, -0.05) is 328 Å². The van der Waals surface area contributed by atoms with Crippen LogP contribution in [0.1, 0.15) is 341 Å². The number of unbranched alkanes of at least 4 members (excludes halogenated alkanes) is 48. The summed E-state index contributed by atoms with van der Waals surface area (Å²) in [7, 11) is 0. The quantitative estimate of drug-likeness (QED) is 0.0199. The standard InChI is InChI=1S/C77H147NO18/c1-3-5-7-9-11-13-15-17-19-21-23-24-25-26-27-28-29-30-31-32-33-34-35-36-37-39-41-43-45-47-49-51-53-55-65(83)78-60(61(82)54-52-50-48-46-44-42-40-38-22-20-18-16-14-12-10-8-6-4-2)59-91-75-71(89)68(86)73(63(57-80)93-75)96-77-72(90)69(87)74(64(58-81)94-77)95-76-70(88)67(85)66(84)62(56-79)92-76/h52,54,60-64,66-77,79-82,84-90H,3-51,53,55-59H2,1-2H3,(H,78,83)/b54-52+. The molecule has 3 fully saturated rings. The van der Waals surface area contributed by atoms with E-state index in [9.17, 15) is 61.0 Å². The van der Waals surface area contributed by atoms with Gasteiger partial charge in [-0.05, 0) is 19.3 Å². The molecule has 1 amide bonds. The van der Waals surface area contributed by atoms with Crippen molar-refractivity contribution in [3.05, 3.63) is 12.2 Å². The van der Waals surface area contributed by atoms with Crippen LogP contribution in [0.3, 0.4) is 0 Å². The number of carbonyl (C=O) groups excluding carboxylic acids is 1. The highest BCUT2D eigenvalue weighted by Crippen LogP contribution is 2.33. The summed E-state index contributed by atoms with van der Waals surface area (Å²) in [5, 5.41) is 121. The number of hydrogen-bond acceptors (Lipinski definition) is 18. The largest absolute Gasteiger partial charge is 0.394 e. The highest BCUT2D eigenvalue weighted by Gasteiger charge is 2.54. The van der Waals surface area contributed by atoms with E-state index in [2.05, 4.69) is 19.2 Å². The fourth-order valence-corrected chi connectivity index (χ4v) is 13.9. The first-order valence-corrected chi connectivity index (χ1v) is 39.9. The second-order valence-corrected chi connectivity index (χ2v) is 28.9. The smallest absolute Gasteiger partial charge is 0.220 e. The van der Waals surface area contributed by atoms with Crippen LogP contribution in [0.25, 0.3) is 0 Å². The Labute approximate surface area is 582 Å². The molecule has 3 saturated heterocycles. The molecule has 17 unspecified atom stereocenters. The van der Waals surface area contributed by atoms with Crippen LogP contribution in [0.5, 0.6) is 0 Å². The third-order valence-corrected chi connectivity index (χ3v) is 20.3. The maximum Gasteiger partial charge on any atom is 0.220 e. The Bertz CT molecular complexity index is 1790. The number of aliphatic hydroxyl groups is 11. The van der Waals surface area contributed by atoms with E-state index < -0.39 is 124 Å². The molecule has 19 nitrogen and oxygen atoms in total. The molecule has 0 spiro atoms. The Balaban J connectivity index is 1.34. The topological polar surface area (TPSA) is 307 Å². The number of amides is 1. The van der Waals surface area contributed by atoms with Crippen LogP contribution >= 0.6 is 0 Å². The highest BCUT2D eigenvalue weighted by molar-refractivity contribution is 5.76. The SMILES string of the molecule is CCCCCCCCCCCCCCCCCC/C=C/C(O)C(COC1OC(CO)C(OC2OC(CO)C(OC3OC(CO)C(O)C(O)C3O)C(O)C2O)C(O)C1O)NC(=O)CCCCCCCCCCCCCCCCCCCCCCCCCCCCCCCCCCC. The second-order valence-electron chi connectivity index (χ2n) is 28.9. The first-order valence-electron chi connectivity index (χ1n) is 39.9. The summed E-state index contributed by atoms with van der Waals surface area (Å²) < 4.78 is 34.4. The number of allylic oxidation sites excluding steroid dienone is 1. The molecule has 568 valence electrons. The minimum Gasteiger partial charge on any atom is -0.394 e. The van der Waals surface area contributed by atoms with Crippen molar-refractivity contribution >= 4 is 5.91 Å². The Morgan fingerprint density at radius 1 is 0.365 bits per heavy atom. The number of nitrogens with one attached hydrogen (secondary N) is 1. The van der Waals surface area contributed by atoms with Crippen molar-refractivity contribution in [1.82, 2.24) is 5.32 Å². The number of aliphatic hydroxyl groups excluding tert-OH is 11. The van der Waals surface area contributed by atoms with Crippen molar-refractivity contribution in [1.29, 1.82) is 0 Å². The predicted molar refractivity (Wildman–Crippen MR) is 379 cm³/mol. The molecular formula is C77H147NO18. The molecule has 3 aliphatic rings. The molecule has 0 radical (unpaired) electrons. The van der Waals surface area contributed by atoms with Crippen LogP contribution in [0.15, 0.2) is 12.2 Å². The van der Waals surface area contributed by atoms with Gasteiger partial charge in [-0.2, -0.15) is 0 Å². The number of rotatable bonds is 64. The van der Waals surface area contributed by atoms with E-state index >= 15 is 0 Å². The normalized spacial score (nSPS) is 27.0. The minimum absolute atomic E-state index is 0.250. The molecule has 0 saturated carbocycles. The first-order chi connectivity index (χ1) is 46.8. The summed E-state index contributed by atoms with van der Waals surface area (Å²) in [6, 6.07) is -0.969. The fraction of sp³-hybridized carbons (Fsp3) is 0.961. The summed E-state index contributed by atoms with van der Waals surface area (Å²) in [6.07, 6.45) is 42.1. The van der Waals surface area contributed by atoms with Gasteiger partial charge >= 0.3 is 0 Å². The van der Waals surface area contributed by atoms with E-state index in [0.29, 0.717) is 6.42 Å². The first kappa shape index (κ1) is 88.7. The zero-order chi connectivity index (χ0) is 69.6. The molecule has 19 heteroatoms. The maximum absolute atomic E-state index is 13.5. The van der Waals surface area contributed by atoms with E-state index in [1.807, 2.05) is 6.08 Å². The predicted octanol–water partition coefficient (Wildman–Crippen LogP) is 12.8. The van der Waals surface area contributed by atoms with E-state index in [4.69, 9.17) is 28.4 Å². The summed E-state index contributed by atoms with van der Waals surface area (Å²) in [6.45, 7) is 1.79. The van der Waals surface area contributed by atoms with Crippen molar-refractivity contribution in [2.24, 2.45) is 0 Å². The van der Waals surface area contributed by atoms with Crippen LogP contribution in [-0.2, 0) is 33.2 Å². The van der Waals surface area contributed by atoms with Gasteiger partial charge in [0, 0.05) is 6.42 Å². The van der Waals surface area contributed by atoms with Crippen molar-refractivity contribution in [3.63, 3.8) is 0 Å². The molecular weight excluding hydrogens is 1230 g/mol. The Morgan fingerprint density at radius 2 is 0.646 bits per heavy atom. The second kappa shape index (κ2) is 59.0. The molecule has 0 aromatic heterocycles. The Hall–Kier alpha value is -1.47. The molecule has 0 aromatic carbocycles. The van der Waals surface area contributed by atoms with Crippen molar-refractivity contribution in [2.45, 2.75) is 446 Å². The number of ether oxygens (including phenoxy) is 6. The zero-order valence-corrected chi connectivity index (χ0v) is 60.6. The van der Waals surface area contributed by atoms with Crippen LogP contribution in [0.4, 0.5) is 0 Å². The lowest BCUT2D eigenvalue weighted by atomic mass is 9.96. The third-order valence-electron chi connectivity index (χ3n) is 20.3. The average molecular weight is 1380 g/mol. The van der Waals surface area contributed by atoms with Gasteiger partial charge in [0.1, 0.15) is 73.2 Å². The summed E-state index contributed by atoms with van der Waals surface area (Å²) in [4.78, 5) is 13.5. The highest BCUT2D eigenvalue weighted by atomic mass is 16.8. The average Bonchev–Trinajstić information content (AvgIpc) is 0.786. The molecule has 3 rings (SSSR count). The summed E-state index contributed by atoms with van der Waals surface area (Å²) >= 11 is 0. The van der Waals surface area contributed by atoms with Crippen LogP contribution in [0.2, 0.25) is 0 Å². The van der Waals surface area contributed by atoms with Crippen molar-refractivity contribution in [3.8, 4) is 0 Å². The number of carbonyl (C=O) groups is 1. The molecule has 12 N–H and O–H groups in total. The van der Waals surface area contributed by atoms with E-state index in [1.54, 1.807) is 6.08 Å². The van der Waals surface area contributed by atoms with Crippen molar-refractivity contribution in [2.75, 3.05) is 26.4 Å².